The second kappa shape index (κ2) is 5.51. The Kier molecular flexibility index (Phi) is 3.95. The number of benzene rings is 2. The molecule has 1 amide bonds. The van der Waals surface area contributed by atoms with E-state index in [1.165, 1.54) is 12.1 Å². The molecule has 0 spiro atoms. The van der Waals surface area contributed by atoms with Crippen LogP contribution in [0.4, 0.5) is 15.8 Å². The summed E-state index contributed by atoms with van der Waals surface area (Å²) < 4.78 is 13.7. The molecule has 0 radical (unpaired) electrons. The average molecular weight is 293 g/mol. The van der Waals surface area contributed by atoms with E-state index in [2.05, 4.69) is 5.32 Å². The Morgan fingerprint density at radius 1 is 1.20 bits per heavy atom. The third kappa shape index (κ3) is 2.91. The monoisotopic (exact) mass is 292 g/mol. The molecule has 0 fully saturated rings. The second-order valence-corrected chi connectivity index (χ2v) is 5.04. The molecule has 0 aliphatic heterocycles. The van der Waals surface area contributed by atoms with E-state index in [1.807, 2.05) is 13.8 Å². The Balaban J connectivity index is 2.30. The van der Waals surface area contributed by atoms with Crippen molar-refractivity contribution in [2.24, 2.45) is 0 Å². The minimum atomic E-state index is -0.669. The van der Waals surface area contributed by atoms with Crippen molar-refractivity contribution < 1.29 is 9.18 Å². The smallest absolute Gasteiger partial charge is 0.258 e. The molecule has 3 N–H and O–H groups in total. The topological polar surface area (TPSA) is 55.1 Å². The highest BCUT2D eigenvalue weighted by molar-refractivity contribution is 6.30. The molecule has 0 bridgehead atoms. The van der Waals surface area contributed by atoms with E-state index in [4.69, 9.17) is 17.3 Å². The summed E-state index contributed by atoms with van der Waals surface area (Å²) in [4.78, 5) is 12.0. The van der Waals surface area contributed by atoms with Gasteiger partial charge < -0.3 is 11.1 Å². The minimum absolute atomic E-state index is 0.0768. The Labute approximate surface area is 121 Å². The molecule has 0 aromatic heterocycles. The van der Waals surface area contributed by atoms with E-state index in [0.717, 1.165) is 17.2 Å². The molecule has 2 aromatic carbocycles. The number of rotatable bonds is 2. The highest BCUT2D eigenvalue weighted by Crippen LogP contribution is 2.24. The van der Waals surface area contributed by atoms with Crippen LogP contribution >= 0.6 is 11.6 Å². The molecular weight excluding hydrogens is 279 g/mol. The fourth-order valence-corrected chi connectivity index (χ4v) is 1.97. The Hall–Kier alpha value is -2.07. The van der Waals surface area contributed by atoms with Gasteiger partial charge in [0.1, 0.15) is 5.82 Å². The molecule has 0 aliphatic rings. The average Bonchev–Trinajstić information content (AvgIpc) is 2.35. The number of nitrogens with one attached hydrogen (secondary N) is 1. The first-order chi connectivity index (χ1) is 9.38. The lowest BCUT2D eigenvalue weighted by Crippen LogP contribution is -2.15. The van der Waals surface area contributed by atoms with Crippen LogP contribution in [0.1, 0.15) is 21.5 Å². The van der Waals surface area contributed by atoms with Crippen molar-refractivity contribution in [3.05, 3.63) is 57.9 Å². The van der Waals surface area contributed by atoms with E-state index in [1.54, 1.807) is 12.1 Å². The standard InChI is InChI=1S/C15H14ClFN2O/c1-8-5-13(18)14(6-9(8)2)19-15(20)11-4-3-10(16)7-12(11)17/h3-7H,18H2,1-2H3,(H,19,20). The predicted molar refractivity (Wildman–Crippen MR) is 79.7 cm³/mol. The summed E-state index contributed by atoms with van der Waals surface area (Å²) in [6.07, 6.45) is 0. The van der Waals surface area contributed by atoms with Crippen LogP contribution in [0, 0.1) is 19.7 Å². The number of carbonyl (C=O) groups is 1. The van der Waals surface area contributed by atoms with Gasteiger partial charge in [-0.05, 0) is 55.3 Å². The number of halogens is 2. The van der Waals surface area contributed by atoms with Crippen LogP contribution in [0.2, 0.25) is 5.02 Å². The Morgan fingerprint density at radius 2 is 1.85 bits per heavy atom. The zero-order valence-corrected chi connectivity index (χ0v) is 11.9. The van der Waals surface area contributed by atoms with Crippen molar-refractivity contribution >= 4 is 28.9 Å². The van der Waals surface area contributed by atoms with Crippen LogP contribution in [-0.4, -0.2) is 5.91 Å². The molecule has 2 rings (SSSR count). The first kappa shape index (κ1) is 14.3. The molecule has 2 aromatic rings. The van der Waals surface area contributed by atoms with Gasteiger partial charge in [-0.25, -0.2) is 4.39 Å². The zero-order valence-electron chi connectivity index (χ0n) is 11.1. The zero-order chi connectivity index (χ0) is 14.9. The highest BCUT2D eigenvalue weighted by Gasteiger charge is 2.14. The molecule has 0 atom stereocenters. The van der Waals surface area contributed by atoms with Gasteiger partial charge in [0.2, 0.25) is 0 Å². The maximum absolute atomic E-state index is 13.7. The van der Waals surface area contributed by atoms with Crippen molar-refractivity contribution in [2.45, 2.75) is 13.8 Å². The van der Waals surface area contributed by atoms with Crippen molar-refractivity contribution in [3.8, 4) is 0 Å². The fourth-order valence-electron chi connectivity index (χ4n) is 1.81. The van der Waals surface area contributed by atoms with Crippen LogP contribution in [0.5, 0.6) is 0 Å². The van der Waals surface area contributed by atoms with E-state index in [-0.39, 0.29) is 10.6 Å². The van der Waals surface area contributed by atoms with Gasteiger partial charge >= 0.3 is 0 Å². The van der Waals surface area contributed by atoms with E-state index < -0.39 is 11.7 Å². The van der Waals surface area contributed by atoms with Crippen molar-refractivity contribution in [3.63, 3.8) is 0 Å². The quantitative estimate of drug-likeness (QED) is 0.824. The lowest BCUT2D eigenvalue weighted by atomic mass is 10.1. The van der Waals surface area contributed by atoms with Gasteiger partial charge in [0.05, 0.1) is 16.9 Å². The molecule has 0 saturated heterocycles. The molecule has 20 heavy (non-hydrogen) atoms. The number of anilines is 2. The maximum Gasteiger partial charge on any atom is 0.258 e. The normalized spacial score (nSPS) is 10.4. The first-order valence-corrected chi connectivity index (χ1v) is 6.39. The summed E-state index contributed by atoms with van der Waals surface area (Å²) in [5, 5.41) is 2.85. The highest BCUT2D eigenvalue weighted by atomic mass is 35.5. The van der Waals surface area contributed by atoms with Crippen LogP contribution in [0.15, 0.2) is 30.3 Å². The third-order valence-corrected chi connectivity index (χ3v) is 3.32. The SMILES string of the molecule is Cc1cc(N)c(NC(=O)c2ccc(Cl)cc2F)cc1C. The van der Waals surface area contributed by atoms with Crippen LogP contribution in [-0.2, 0) is 0 Å². The van der Waals surface area contributed by atoms with Crippen LogP contribution in [0.25, 0.3) is 0 Å². The summed E-state index contributed by atoms with van der Waals surface area (Å²) >= 11 is 5.65. The van der Waals surface area contributed by atoms with E-state index in [0.29, 0.717) is 11.4 Å². The van der Waals surface area contributed by atoms with Gasteiger partial charge in [0, 0.05) is 5.02 Å². The van der Waals surface area contributed by atoms with Crippen molar-refractivity contribution in [2.75, 3.05) is 11.1 Å². The predicted octanol–water partition coefficient (Wildman–Crippen LogP) is 3.93. The molecular formula is C15H14ClFN2O. The summed E-state index contributed by atoms with van der Waals surface area (Å²) in [7, 11) is 0. The molecule has 104 valence electrons. The van der Waals surface area contributed by atoms with Gasteiger partial charge in [-0.3, -0.25) is 4.79 Å². The molecule has 0 saturated carbocycles. The lowest BCUT2D eigenvalue weighted by Gasteiger charge is -2.11. The van der Waals surface area contributed by atoms with Crippen molar-refractivity contribution in [1.82, 2.24) is 0 Å². The molecule has 0 unspecified atom stereocenters. The first-order valence-electron chi connectivity index (χ1n) is 6.01. The van der Waals surface area contributed by atoms with Crippen LogP contribution in [0.3, 0.4) is 0 Å². The fraction of sp³-hybridized carbons (Fsp3) is 0.133. The summed E-state index contributed by atoms with van der Waals surface area (Å²) in [5.74, 6) is -1.23. The minimum Gasteiger partial charge on any atom is -0.397 e. The van der Waals surface area contributed by atoms with Gasteiger partial charge in [0.15, 0.2) is 0 Å². The number of hydrogen-bond acceptors (Lipinski definition) is 2. The number of carbonyl (C=O) groups excluding carboxylic acids is 1. The van der Waals surface area contributed by atoms with E-state index in [9.17, 15) is 9.18 Å². The molecule has 5 heteroatoms. The van der Waals surface area contributed by atoms with Gasteiger partial charge in [0.25, 0.3) is 5.91 Å². The molecule has 0 heterocycles. The third-order valence-electron chi connectivity index (χ3n) is 3.09. The van der Waals surface area contributed by atoms with E-state index >= 15 is 0 Å². The lowest BCUT2D eigenvalue weighted by molar-refractivity contribution is 0.102. The second-order valence-electron chi connectivity index (χ2n) is 4.60. The maximum atomic E-state index is 13.7. The van der Waals surface area contributed by atoms with Gasteiger partial charge in [-0.2, -0.15) is 0 Å². The van der Waals surface area contributed by atoms with Gasteiger partial charge in [-0.15, -0.1) is 0 Å². The number of nitrogen functional groups attached to an aromatic ring is 1. The number of amides is 1. The van der Waals surface area contributed by atoms with Gasteiger partial charge in [-0.1, -0.05) is 11.6 Å². The number of hydrogen-bond donors (Lipinski definition) is 2. The summed E-state index contributed by atoms with van der Waals surface area (Å²) in [6, 6.07) is 7.42. The molecule has 3 nitrogen and oxygen atoms in total. The van der Waals surface area contributed by atoms with Crippen molar-refractivity contribution in [1.29, 1.82) is 0 Å². The summed E-state index contributed by atoms with van der Waals surface area (Å²) in [6.45, 7) is 3.84. The number of nitrogens with two attached hydrogens (primary N) is 1. The Morgan fingerprint density at radius 3 is 2.50 bits per heavy atom. The summed E-state index contributed by atoms with van der Waals surface area (Å²) in [5.41, 5.74) is 8.70. The largest absolute Gasteiger partial charge is 0.397 e. The Bertz CT molecular complexity index is 686. The van der Waals surface area contributed by atoms with Crippen LogP contribution < -0.4 is 11.1 Å². The molecule has 0 aliphatic carbocycles. The number of aryl methyl sites for hydroxylation is 2.